The highest BCUT2D eigenvalue weighted by Crippen LogP contribution is 2.18. The molecule has 1 heterocycles. The third kappa shape index (κ3) is 0.953. The lowest BCUT2D eigenvalue weighted by molar-refractivity contribution is -0.215. The van der Waals surface area contributed by atoms with E-state index in [0.717, 1.165) is 0 Å². The van der Waals surface area contributed by atoms with Crippen LogP contribution in [-0.2, 0) is 9.69 Å². The molecule has 2 atom stereocenters. The van der Waals surface area contributed by atoms with Crippen LogP contribution in [0.15, 0.2) is 0 Å². The zero-order valence-electron chi connectivity index (χ0n) is 4.55. The Kier molecular flexibility index (Phi) is 1.35. The van der Waals surface area contributed by atoms with Gasteiger partial charge in [-0.2, -0.15) is 0 Å². The van der Waals surface area contributed by atoms with E-state index < -0.39 is 0 Å². The van der Waals surface area contributed by atoms with Gasteiger partial charge in [0.05, 0.1) is 6.10 Å². The maximum Gasteiger partial charge on any atom is 0.350 e. The van der Waals surface area contributed by atoms with E-state index in [2.05, 4.69) is 11.7 Å². The van der Waals surface area contributed by atoms with Crippen molar-refractivity contribution in [3.05, 3.63) is 0 Å². The summed E-state index contributed by atoms with van der Waals surface area (Å²) in [5.74, 6) is 0.444. The van der Waals surface area contributed by atoms with Gasteiger partial charge in [0, 0.05) is 0 Å². The largest absolute Gasteiger partial charge is 0.350 e. The molecule has 0 bridgehead atoms. The molecule has 0 aromatic heterocycles. The van der Waals surface area contributed by atoms with Crippen LogP contribution in [0.25, 0.3) is 0 Å². The van der Waals surface area contributed by atoms with Crippen molar-refractivity contribution in [3.63, 3.8) is 0 Å². The predicted molar refractivity (Wildman–Crippen MR) is 26.8 cm³/mol. The fraction of sp³-hybridized carbons (Fsp3) is 1.00. The first-order valence-corrected chi connectivity index (χ1v) is 2.46. The van der Waals surface area contributed by atoms with Crippen molar-refractivity contribution in [1.82, 2.24) is 0 Å². The number of rotatable bonds is 0. The fourth-order valence-corrected chi connectivity index (χ4v) is 0.406. The normalized spacial score (nSPS) is 40.9. The molecule has 2 unspecified atom stereocenters. The van der Waals surface area contributed by atoms with Crippen LogP contribution in [0.1, 0.15) is 13.8 Å². The van der Waals surface area contributed by atoms with Crippen molar-refractivity contribution in [2.24, 2.45) is 0 Å². The molecule has 0 spiro atoms. The highest BCUT2D eigenvalue weighted by Gasteiger charge is 2.23. The second-order valence-electron chi connectivity index (χ2n) is 1.89. The Morgan fingerprint density at radius 3 is 2.29 bits per heavy atom. The molecule has 0 aromatic carbocycles. The molecule has 2 nitrogen and oxygen atoms in total. The van der Waals surface area contributed by atoms with Crippen LogP contribution in [0.5, 0.6) is 0 Å². The fourth-order valence-electron chi connectivity index (χ4n) is 0.406. The SMILES string of the molecule is CC1[B]OOC1C. The number of hydrogen-bond acceptors (Lipinski definition) is 2. The molecule has 1 fully saturated rings. The summed E-state index contributed by atoms with van der Waals surface area (Å²) in [5.41, 5.74) is 0. The van der Waals surface area contributed by atoms with Gasteiger partial charge in [0.2, 0.25) is 0 Å². The van der Waals surface area contributed by atoms with Crippen LogP contribution < -0.4 is 0 Å². The molecule has 7 heavy (non-hydrogen) atoms. The third-order valence-electron chi connectivity index (χ3n) is 1.22. The first kappa shape index (κ1) is 5.13. The third-order valence-corrected chi connectivity index (χ3v) is 1.22. The molecular formula is C4H8BO2. The summed E-state index contributed by atoms with van der Waals surface area (Å²) in [6.45, 7) is 4.03. The number of hydrogen-bond donors (Lipinski definition) is 0. The summed E-state index contributed by atoms with van der Waals surface area (Å²) in [6, 6.07) is 0. The van der Waals surface area contributed by atoms with Crippen LogP contribution in [0.3, 0.4) is 0 Å². The van der Waals surface area contributed by atoms with Crippen molar-refractivity contribution < 1.29 is 9.69 Å². The van der Waals surface area contributed by atoms with E-state index in [1.807, 2.05) is 6.92 Å². The summed E-state index contributed by atoms with van der Waals surface area (Å²) in [4.78, 5) is 9.25. The second-order valence-corrected chi connectivity index (χ2v) is 1.89. The summed E-state index contributed by atoms with van der Waals surface area (Å²) < 4.78 is 0. The Morgan fingerprint density at radius 1 is 1.43 bits per heavy atom. The van der Waals surface area contributed by atoms with Gasteiger partial charge >= 0.3 is 7.48 Å². The smallest absolute Gasteiger partial charge is 0.310 e. The van der Waals surface area contributed by atoms with E-state index in [0.29, 0.717) is 5.82 Å². The molecule has 1 radical (unpaired) electrons. The van der Waals surface area contributed by atoms with Gasteiger partial charge in [-0.15, -0.1) is 0 Å². The Labute approximate surface area is 44.0 Å². The van der Waals surface area contributed by atoms with E-state index in [1.54, 1.807) is 7.48 Å². The molecule has 1 saturated heterocycles. The maximum atomic E-state index is 4.71. The van der Waals surface area contributed by atoms with Crippen molar-refractivity contribution in [3.8, 4) is 0 Å². The lowest BCUT2D eigenvalue weighted by Gasteiger charge is -2.00. The van der Waals surface area contributed by atoms with Crippen LogP contribution in [-0.4, -0.2) is 13.6 Å². The molecule has 1 rings (SSSR count). The van der Waals surface area contributed by atoms with E-state index in [-0.39, 0.29) is 6.10 Å². The molecule has 0 amide bonds. The van der Waals surface area contributed by atoms with Gasteiger partial charge in [0.25, 0.3) is 0 Å². The minimum absolute atomic E-state index is 0.236. The maximum absolute atomic E-state index is 4.71. The van der Waals surface area contributed by atoms with Crippen molar-refractivity contribution >= 4 is 7.48 Å². The van der Waals surface area contributed by atoms with Gasteiger partial charge in [-0.1, -0.05) is 6.92 Å². The zero-order chi connectivity index (χ0) is 5.28. The molecule has 39 valence electrons. The quantitative estimate of drug-likeness (QED) is 0.329. The predicted octanol–water partition coefficient (Wildman–Crippen LogP) is 0.764. The highest BCUT2D eigenvalue weighted by atomic mass is 17.2. The van der Waals surface area contributed by atoms with Crippen LogP contribution in [0.4, 0.5) is 0 Å². The van der Waals surface area contributed by atoms with Gasteiger partial charge in [-0.05, 0) is 12.7 Å². The van der Waals surface area contributed by atoms with Gasteiger partial charge in [-0.3, -0.25) is 4.89 Å². The molecule has 0 N–H and O–H groups in total. The van der Waals surface area contributed by atoms with E-state index in [4.69, 9.17) is 4.89 Å². The van der Waals surface area contributed by atoms with Crippen molar-refractivity contribution in [1.29, 1.82) is 0 Å². The minimum atomic E-state index is 0.236. The topological polar surface area (TPSA) is 18.5 Å². The summed E-state index contributed by atoms with van der Waals surface area (Å²) in [6.07, 6.45) is 0.236. The molecule has 3 heteroatoms. The first-order valence-electron chi connectivity index (χ1n) is 2.46. The Morgan fingerprint density at radius 2 is 2.14 bits per heavy atom. The molecule has 0 saturated carbocycles. The zero-order valence-corrected chi connectivity index (χ0v) is 4.55. The molecule has 0 aromatic rings. The van der Waals surface area contributed by atoms with Crippen molar-refractivity contribution in [2.45, 2.75) is 25.8 Å². The van der Waals surface area contributed by atoms with Gasteiger partial charge in [0.1, 0.15) is 0 Å². The summed E-state index contributed by atoms with van der Waals surface area (Å²) in [7, 11) is 1.70. The summed E-state index contributed by atoms with van der Waals surface area (Å²) >= 11 is 0. The Hall–Kier alpha value is -0.0151. The highest BCUT2D eigenvalue weighted by molar-refractivity contribution is 6.29. The molecule has 0 aliphatic carbocycles. The summed E-state index contributed by atoms with van der Waals surface area (Å²) in [5, 5.41) is 0. The van der Waals surface area contributed by atoms with Crippen LogP contribution >= 0.6 is 0 Å². The first-order chi connectivity index (χ1) is 3.30. The van der Waals surface area contributed by atoms with E-state index >= 15 is 0 Å². The monoisotopic (exact) mass is 99.1 g/mol. The molecule has 1 aliphatic heterocycles. The average molecular weight is 98.9 g/mol. The Bertz CT molecular complexity index is 58.7. The van der Waals surface area contributed by atoms with Crippen LogP contribution in [0.2, 0.25) is 5.82 Å². The van der Waals surface area contributed by atoms with Crippen LogP contribution in [0, 0.1) is 0 Å². The average Bonchev–Trinajstić information content (AvgIpc) is 1.91. The standard InChI is InChI=1S/C4H8BO2/c1-3-4(2)6-7-5-3/h3-4H,1-2H3. The lowest BCUT2D eigenvalue weighted by atomic mass is 9.80. The minimum Gasteiger partial charge on any atom is -0.310 e. The molecular weight excluding hydrogens is 90.9 g/mol. The Balaban J connectivity index is 2.33. The second kappa shape index (κ2) is 1.84. The lowest BCUT2D eigenvalue weighted by Crippen LogP contribution is -2.03. The molecule has 1 aliphatic rings. The van der Waals surface area contributed by atoms with Crippen molar-refractivity contribution in [2.75, 3.05) is 0 Å². The van der Waals surface area contributed by atoms with Gasteiger partial charge in [-0.25, -0.2) is 0 Å². The van der Waals surface area contributed by atoms with Gasteiger partial charge in [0.15, 0.2) is 0 Å². The van der Waals surface area contributed by atoms with Gasteiger partial charge < -0.3 is 4.81 Å². The van der Waals surface area contributed by atoms with E-state index in [1.165, 1.54) is 0 Å². The van der Waals surface area contributed by atoms with E-state index in [9.17, 15) is 0 Å².